The number of esters is 1. The Hall–Kier alpha value is -1.10. The first-order valence-electron chi connectivity index (χ1n) is 5.35. The van der Waals surface area contributed by atoms with Gasteiger partial charge in [0, 0.05) is 6.54 Å². The molecule has 2 aliphatic heterocycles. The number of ether oxygens (including phenoxy) is 1. The van der Waals surface area contributed by atoms with Gasteiger partial charge in [0.15, 0.2) is 0 Å². The van der Waals surface area contributed by atoms with Gasteiger partial charge in [-0.05, 0) is 19.4 Å². The van der Waals surface area contributed by atoms with Crippen molar-refractivity contribution in [3.05, 3.63) is 0 Å². The number of carbonyl (C=O) groups is 2. The molecule has 15 heavy (non-hydrogen) atoms. The van der Waals surface area contributed by atoms with Gasteiger partial charge in [-0.3, -0.25) is 14.5 Å². The SMILES string of the molecule is COC(=O)C1CNC(=O)C2CCCCN21. The summed E-state index contributed by atoms with van der Waals surface area (Å²) in [6.45, 7) is 1.19. The molecule has 2 atom stereocenters. The van der Waals surface area contributed by atoms with E-state index >= 15 is 0 Å². The average molecular weight is 212 g/mol. The van der Waals surface area contributed by atoms with Crippen LogP contribution in [0.15, 0.2) is 0 Å². The molecule has 0 aromatic rings. The first kappa shape index (κ1) is 10.4. The van der Waals surface area contributed by atoms with E-state index in [0.717, 1.165) is 25.8 Å². The summed E-state index contributed by atoms with van der Waals surface area (Å²) in [4.78, 5) is 25.1. The predicted octanol–water partition coefficient (Wildman–Crippen LogP) is -0.488. The first-order valence-corrected chi connectivity index (χ1v) is 5.35. The number of rotatable bonds is 1. The zero-order valence-electron chi connectivity index (χ0n) is 8.86. The summed E-state index contributed by atoms with van der Waals surface area (Å²) in [6, 6.07) is -0.422. The van der Waals surface area contributed by atoms with E-state index in [1.54, 1.807) is 0 Å². The Morgan fingerprint density at radius 1 is 1.53 bits per heavy atom. The van der Waals surface area contributed by atoms with Crippen LogP contribution in [0.5, 0.6) is 0 Å². The molecule has 2 saturated heterocycles. The minimum atomic E-state index is -0.294. The monoisotopic (exact) mass is 212 g/mol. The third kappa shape index (κ3) is 1.84. The molecule has 2 aliphatic rings. The predicted molar refractivity (Wildman–Crippen MR) is 53.2 cm³/mol. The Bertz CT molecular complexity index is 280. The fraction of sp³-hybridized carbons (Fsp3) is 0.800. The maximum atomic E-state index is 11.6. The Balaban J connectivity index is 2.13. The fourth-order valence-electron chi connectivity index (χ4n) is 2.40. The number of carbonyl (C=O) groups excluding carboxylic acids is 2. The van der Waals surface area contributed by atoms with E-state index in [4.69, 9.17) is 4.74 Å². The van der Waals surface area contributed by atoms with Crippen LogP contribution in [0, 0.1) is 0 Å². The quantitative estimate of drug-likeness (QED) is 0.596. The summed E-state index contributed by atoms with van der Waals surface area (Å²) < 4.78 is 4.74. The Kier molecular flexibility index (Phi) is 2.90. The first-order chi connectivity index (χ1) is 7.24. The van der Waals surface area contributed by atoms with Crippen molar-refractivity contribution in [1.29, 1.82) is 0 Å². The second kappa shape index (κ2) is 4.18. The van der Waals surface area contributed by atoms with Gasteiger partial charge in [0.2, 0.25) is 5.91 Å². The molecule has 0 aliphatic carbocycles. The summed E-state index contributed by atoms with van der Waals surface area (Å²) in [5, 5.41) is 2.77. The number of hydrogen-bond donors (Lipinski definition) is 1. The Morgan fingerprint density at radius 3 is 3.07 bits per heavy atom. The van der Waals surface area contributed by atoms with Crippen LogP contribution in [0.4, 0.5) is 0 Å². The minimum Gasteiger partial charge on any atom is -0.468 e. The highest BCUT2D eigenvalue weighted by atomic mass is 16.5. The van der Waals surface area contributed by atoms with Gasteiger partial charge in [-0.2, -0.15) is 0 Å². The van der Waals surface area contributed by atoms with Crippen LogP contribution >= 0.6 is 0 Å². The van der Waals surface area contributed by atoms with Gasteiger partial charge in [-0.25, -0.2) is 0 Å². The molecular weight excluding hydrogens is 196 g/mol. The summed E-state index contributed by atoms with van der Waals surface area (Å²) in [7, 11) is 1.39. The van der Waals surface area contributed by atoms with Gasteiger partial charge in [-0.15, -0.1) is 0 Å². The summed E-state index contributed by atoms with van der Waals surface area (Å²) in [5.74, 6) is -0.197. The molecule has 5 heteroatoms. The molecule has 2 unspecified atom stereocenters. The molecule has 2 heterocycles. The molecule has 2 rings (SSSR count). The van der Waals surface area contributed by atoms with E-state index < -0.39 is 0 Å². The van der Waals surface area contributed by atoms with Crippen molar-refractivity contribution in [2.24, 2.45) is 0 Å². The van der Waals surface area contributed by atoms with Crippen LogP contribution < -0.4 is 5.32 Å². The van der Waals surface area contributed by atoms with E-state index in [1.165, 1.54) is 7.11 Å². The number of piperidine rings is 1. The molecule has 0 radical (unpaired) electrons. The molecule has 0 saturated carbocycles. The highest BCUT2D eigenvalue weighted by Gasteiger charge is 2.41. The van der Waals surface area contributed by atoms with Gasteiger partial charge < -0.3 is 10.1 Å². The van der Waals surface area contributed by atoms with Crippen LogP contribution in [0.25, 0.3) is 0 Å². The fourth-order valence-corrected chi connectivity index (χ4v) is 2.40. The van der Waals surface area contributed by atoms with Gasteiger partial charge in [0.25, 0.3) is 0 Å². The summed E-state index contributed by atoms with van der Waals surface area (Å²) >= 11 is 0. The third-order valence-corrected chi connectivity index (χ3v) is 3.19. The number of nitrogens with one attached hydrogen (secondary N) is 1. The lowest BCUT2D eigenvalue weighted by atomic mass is 9.96. The highest BCUT2D eigenvalue weighted by molar-refractivity contribution is 5.86. The zero-order chi connectivity index (χ0) is 10.8. The molecular formula is C10H16N2O3. The minimum absolute atomic E-state index is 0.0508. The standard InChI is InChI=1S/C10H16N2O3/c1-15-10(14)8-6-11-9(13)7-4-2-3-5-12(7)8/h7-8H,2-6H2,1H3,(H,11,13). The smallest absolute Gasteiger partial charge is 0.324 e. The Labute approximate surface area is 88.8 Å². The van der Waals surface area contributed by atoms with Crippen LogP contribution in [0.1, 0.15) is 19.3 Å². The normalized spacial score (nSPS) is 31.7. The largest absolute Gasteiger partial charge is 0.468 e. The lowest BCUT2D eigenvalue weighted by Gasteiger charge is -2.42. The van der Waals surface area contributed by atoms with Crippen molar-refractivity contribution in [2.75, 3.05) is 20.2 Å². The van der Waals surface area contributed by atoms with E-state index in [0.29, 0.717) is 6.54 Å². The number of nitrogens with zero attached hydrogens (tertiary/aromatic N) is 1. The lowest BCUT2D eigenvalue weighted by molar-refractivity contribution is -0.153. The van der Waals surface area contributed by atoms with E-state index in [-0.39, 0.29) is 24.0 Å². The summed E-state index contributed by atoms with van der Waals surface area (Å²) in [5.41, 5.74) is 0. The van der Waals surface area contributed by atoms with Crippen LogP contribution in [-0.4, -0.2) is 49.1 Å². The maximum absolute atomic E-state index is 11.6. The second-order valence-electron chi connectivity index (χ2n) is 4.03. The third-order valence-electron chi connectivity index (χ3n) is 3.19. The molecule has 84 valence electrons. The molecule has 0 bridgehead atoms. The molecule has 5 nitrogen and oxygen atoms in total. The zero-order valence-corrected chi connectivity index (χ0v) is 8.86. The Morgan fingerprint density at radius 2 is 2.33 bits per heavy atom. The molecule has 1 N–H and O–H groups in total. The van der Waals surface area contributed by atoms with Crippen molar-refractivity contribution in [3.63, 3.8) is 0 Å². The van der Waals surface area contributed by atoms with Crippen molar-refractivity contribution in [1.82, 2.24) is 10.2 Å². The van der Waals surface area contributed by atoms with E-state index in [9.17, 15) is 9.59 Å². The topological polar surface area (TPSA) is 58.6 Å². The molecule has 0 spiro atoms. The summed E-state index contributed by atoms with van der Waals surface area (Å²) in [6.07, 6.45) is 2.96. The molecule has 0 aromatic carbocycles. The molecule has 0 aromatic heterocycles. The van der Waals surface area contributed by atoms with Crippen molar-refractivity contribution in [2.45, 2.75) is 31.3 Å². The van der Waals surface area contributed by atoms with Gasteiger partial charge in [-0.1, -0.05) is 6.42 Å². The maximum Gasteiger partial charge on any atom is 0.324 e. The number of piperazine rings is 1. The van der Waals surface area contributed by atoms with E-state index in [1.807, 2.05) is 4.90 Å². The number of fused-ring (bicyclic) bond motifs is 1. The molecule has 1 amide bonds. The number of methoxy groups -OCH3 is 1. The average Bonchev–Trinajstić information content (AvgIpc) is 2.29. The number of amides is 1. The lowest BCUT2D eigenvalue weighted by Crippen LogP contribution is -2.64. The van der Waals surface area contributed by atoms with Crippen LogP contribution in [-0.2, 0) is 14.3 Å². The molecule has 2 fully saturated rings. The van der Waals surface area contributed by atoms with Gasteiger partial charge in [0.05, 0.1) is 13.2 Å². The van der Waals surface area contributed by atoms with Gasteiger partial charge >= 0.3 is 5.97 Å². The number of hydrogen-bond acceptors (Lipinski definition) is 4. The van der Waals surface area contributed by atoms with Crippen molar-refractivity contribution < 1.29 is 14.3 Å². The second-order valence-corrected chi connectivity index (χ2v) is 4.03. The van der Waals surface area contributed by atoms with E-state index in [2.05, 4.69) is 5.32 Å². The van der Waals surface area contributed by atoms with Crippen LogP contribution in [0.3, 0.4) is 0 Å². The van der Waals surface area contributed by atoms with Gasteiger partial charge in [0.1, 0.15) is 6.04 Å². The van der Waals surface area contributed by atoms with Crippen LogP contribution in [0.2, 0.25) is 0 Å². The highest BCUT2D eigenvalue weighted by Crippen LogP contribution is 2.22. The van der Waals surface area contributed by atoms with Crippen molar-refractivity contribution >= 4 is 11.9 Å². The van der Waals surface area contributed by atoms with Crippen molar-refractivity contribution in [3.8, 4) is 0 Å².